The third-order valence-electron chi connectivity index (χ3n) is 5.62. The maximum Gasteiger partial charge on any atom is 0.251 e. The lowest BCUT2D eigenvalue weighted by molar-refractivity contribution is 0.0932. The van der Waals surface area contributed by atoms with E-state index in [1.54, 1.807) is 49.6 Å². The number of sulfonamides is 1. The number of anilines is 1. The standard InChI is InChI=1S/C27H31ClN2O4S/c1-19(2)17-26(20-11-15-24(34-3)16-12-20)29-27(31)21-9-13-23(14-10-21)30(35(4,32)33)18-22-7-5-6-8-25(22)28/h5-16,19,26H,17-18H2,1-4H3,(H,29,31). The minimum atomic E-state index is -3.58. The summed E-state index contributed by atoms with van der Waals surface area (Å²) in [5.41, 5.74) is 2.59. The molecule has 3 rings (SSSR count). The van der Waals surface area contributed by atoms with E-state index in [1.807, 2.05) is 30.3 Å². The van der Waals surface area contributed by atoms with Gasteiger partial charge in [0, 0.05) is 10.6 Å². The number of nitrogens with zero attached hydrogens (tertiary/aromatic N) is 1. The van der Waals surface area contributed by atoms with Gasteiger partial charge in [0.05, 0.1) is 31.6 Å². The van der Waals surface area contributed by atoms with Crippen molar-refractivity contribution in [3.63, 3.8) is 0 Å². The average molecular weight is 515 g/mol. The van der Waals surface area contributed by atoms with Gasteiger partial charge in [-0.2, -0.15) is 0 Å². The summed E-state index contributed by atoms with van der Waals surface area (Å²) in [6, 6.07) is 21.2. The van der Waals surface area contributed by atoms with Gasteiger partial charge in [-0.3, -0.25) is 9.10 Å². The predicted octanol–water partition coefficient (Wildman–Crippen LogP) is 5.83. The van der Waals surface area contributed by atoms with Gasteiger partial charge in [0.25, 0.3) is 5.91 Å². The van der Waals surface area contributed by atoms with Crippen LogP contribution in [0, 0.1) is 5.92 Å². The summed E-state index contributed by atoms with van der Waals surface area (Å²) in [5.74, 6) is 0.902. The molecule has 0 saturated heterocycles. The highest BCUT2D eigenvalue weighted by atomic mass is 35.5. The molecule has 0 aliphatic rings. The number of amides is 1. The Morgan fingerprint density at radius 3 is 2.17 bits per heavy atom. The van der Waals surface area contributed by atoms with Crippen LogP contribution in [0.3, 0.4) is 0 Å². The van der Waals surface area contributed by atoms with Gasteiger partial charge in [0.1, 0.15) is 5.75 Å². The van der Waals surface area contributed by atoms with Gasteiger partial charge in [-0.05, 0) is 65.9 Å². The smallest absolute Gasteiger partial charge is 0.251 e. The van der Waals surface area contributed by atoms with Crippen LogP contribution in [0.1, 0.15) is 47.8 Å². The molecule has 3 aromatic carbocycles. The fraction of sp³-hybridized carbons (Fsp3) is 0.296. The number of ether oxygens (including phenoxy) is 1. The van der Waals surface area contributed by atoms with Crippen LogP contribution in [0.5, 0.6) is 5.75 Å². The predicted molar refractivity (Wildman–Crippen MR) is 142 cm³/mol. The summed E-state index contributed by atoms with van der Waals surface area (Å²) < 4.78 is 31.5. The van der Waals surface area contributed by atoms with E-state index < -0.39 is 10.0 Å². The lowest BCUT2D eigenvalue weighted by atomic mass is 9.96. The zero-order valence-electron chi connectivity index (χ0n) is 20.4. The molecule has 1 unspecified atom stereocenters. The van der Waals surface area contributed by atoms with Gasteiger partial charge in [0.15, 0.2) is 0 Å². The van der Waals surface area contributed by atoms with Crippen molar-refractivity contribution in [3.05, 3.63) is 94.5 Å². The monoisotopic (exact) mass is 514 g/mol. The second-order valence-electron chi connectivity index (χ2n) is 8.84. The number of nitrogens with one attached hydrogen (secondary N) is 1. The van der Waals surface area contributed by atoms with Gasteiger partial charge in [-0.25, -0.2) is 8.42 Å². The Morgan fingerprint density at radius 1 is 1.00 bits per heavy atom. The number of carbonyl (C=O) groups excluding carboxylic acids is 1. The number of hydrogen-bond acceptors (Lipinski definition) is 4. The molecule has 0 aromatic heterocycles. The van der Waals surface area contributed by atoms with Crippen LogP contribution in [-0.2, 0) is 16.6 Å². The second kappa shape index (κ2) is 11.6. The van der Waals surface area contributed by atoms with E-state index >= 15 is 0 Å². The van der Waals surface area contributed by atoms with E-state index in [-0.39, 0.29) is 18.5 Å². The maximum absolute atomic E-state index is 13.1. The normalized spacial score (nSPS) is 12.3. The number of benzene rings is 3. The third kappa shape index (κ3) is 7.23. The average Bonchev–Trinajstić information content (AvgIpc) is 2.82. The largest absolute Gasteiger partial charge is 0.497 e. The van der Waals surface area contributed by atoms with E-state index in [0.717, 1.165) is 24.0 Å². The Kier molecular flexibility index (Phi) is 8.81. The van der Waals surface area contributed by atoms with Crippen LogP contribution in [0.4, 0.5) is 5.69 Å². The van der Waals surface area contributed by atoms with Crippen LogP contribution in [0.25, 0.3) is 0 Å². The molecule has 1 N–H and O–H groups in total. The van der Waals surface area contributed by atoms with Crippen molar-refractivity contribution < 1.29 is 17.9 Å². The molecule has 0 radical (unpaired) electrons. The molecular weight excluding hydrogens is 484 g/mol. The minimum absolute atomic E-state index is 0.0952. The molecule has 0 aliphatic heterocycles. The molecule has 6 nitrogen and oxygen atoms in total. The third-order valence-corrected chi connectivity index (χ3v) is 7.13. The number of methoxy groups -OCH3 is 1. The zero-order chi connectivity index (χ0) is 25.6. The van der Waals surface area contributed by atoms with Gasteiger partial charge in [-0.1, -0.05) is 55.8 Å². The molecule has 0 spiro atoms. The highest BCUT2D eigenvalue weighted by Gasteiger charge is 2.21. The second-order valence-corrected chi connectivity index (χ2v) is 11.2. The van der Waals surface area contributed by atoms with Gasteiger partial charge >= 0.3 is 0 Å². The number of rotatable bonds is 10. The molecule has 1 amide bonds. The topological polar surface area (TPSA) is 75.7 Å². The summed E-state index contributed by atoms with van der Waals surface area (Å²) in [4.78, 5) is 13.1. The first-order chi connectivity index (χ1) is 16.6. The Hall–Kier alpha value is -3.03. The van der Waals surface area contributed by atoms with Crippen LogP contribution in [0.15, 0.2) is 72.8 Å². The molecule has 0 fully saturated rings. The lowest BCUT2D eigenvalue weighted by Crippen LogP contribution is -2.30. The Bertz CT molecular complexity index is 1240. The summed E-state index contributed by atoms with van der Waals surface area (Å²) in [6.45, 7) is 4.31. The summed E-state index contributed by atoms with van der Waals surface area (Å²) in [6.07, 6.45) is 1.92. The molecule has 1 atom stereocenters. The maximum atomic E-state index is 13.1. The van der Waals surface area contributed by atoms with Gasteiger partial charge in [0.2, 0.25) is 10.0 Å². The van der Waals surface area contributed by atoms with Crippen molar-refractivity contribution in [2.75, 3.05) is 17.7 Å². The molecule has 35 heavy (non-hydrogen) atoms. The van der Waals surface area contributed by atoms with Crippen LogP contribution < -0.4 is 14.4 Å². The quantitative estimate of drug-likeness (QED) is 0.369. The Labute approximate surface area is 212 Å². The number of halogens is 1. The van der Waals surface area contributed by atoms with E-state index in [2.05, 4.69) is 19.2 Å². The van der Waals surface area contributed by atoms with E-state index in [9.17, 15) is 13.2 Å². The van der Waals surface area contributed by atoms with Crippen molar-refractivity contribution in [2.24, 2.45) is 5.92 Å². The molecule has 0 heterocycles. The van der Waals surface area contributed by atoms with Crippen LogP contribution >= 0.6 is 11.6 Å². The van der Waals surface area contributed by atoms with Gasteiger partial charge in [-0.15, -0.1) is 0 Å². The molecule has 0 saturated carbocycles. The molecule has 0 bridgehead atoms. The number of carbonyl (C=O) groups is 1. The Morgan fingerprint density at radius 2 is 1.63 bits per heavy atom. The zero-order valence-corrected chi connectivity index (χ0v) is 21.9. The van der Waals surface area contributed by atoms with Gasteiger partial charge < -0.3 is 10.1 Å². The van der Waals surface area contributed by atoms with Crippen LogP contribution in [-0.4, -0.2) is 27.7 Å². The Balaban J connectivity index is 1.80. The van der Waals surface area contributed by atoms with Crippen LogP contribution in [0.2, 0.25) is 5.02 Å². The molecular formula is C27H31ClN2O4S. The highest BCUT2D eigenvalue weighted by Crippen LogP contribution is 2.26. The lowest BCUT2D eigenvalue weighted by Gasteiger charge is -2.24. The van der Waals surface area contributed by atoms with Crippen molar-refractivity contribution >= 4 is 33.2 Å². The van der Waals surface area contributed by atoms with Crippen molar-refractivity contribution in [1.29, 1.82) is 0 Å². The first-order valence-corrected chi connectivity index (χ1v) is 13.6. The first-order valence-electron chi connectivity index (χ1n) is 11.3. The van der Waals surface area contributed by atoms with Crippen molar-refractivity contribution in [3.8, 4) is 5.75 Å². The fourth-order valence-corrected chi connectivity index (χ4v) is 4.86. The fourth-order valence-electron chi connectivity index (χ4n) is 3.79. The SMILES string of the molecule is COc1ccc(C(CC(C)C)NC(=O)c2ccc(N(Cc3ccccc3Cl)S(C)(=O)=O)cc2)cc1. The summed E-state index contributed by atoms with van der Waals surface area (Å²) in [7, 11) is -1.96. The van der Waals surface area contributed by atoms with E-state index in [4.69, 9.17) is 16.3 Å². The van der Waals surface area contributed by atoms with E-state index in [0.29, 0.717) is 27.8 Å². The van der Waals surface area contributed by atoms with E-state index in [1.165, 1.54) is 4.31 Å². The molecule has 186 valence electrons. The number of hydrogen-bond donors (Lipinski definition) is 1. The summed E-state index contributed by atoms with van der Waals surface area (Å²) >= 11 is 6.24. The van der Waals surface area contributed by atoms with Crippen molar-refractivity contribution in [1.82, 2.24) is 5.32 Å². The van der Waals surface area contributed by atoms with Crippen molar-refractivity contribution in [2.45, 2.75) is 32.9 Å². The molecule has 0 aliphatic carbocycles. The summed E-state index contributed by atoms with van der Waals surface area (Å²) in [5, 5.41) is 3.61. The molecule has 3 aromatic rings. The molecule has 8 heteroatoms. The highest BCUT2D eigenvalue weighted by molar-refractivity contribution is 7.92. The minimum Gasteiger partial charge on any atom is -0.497 e. The first kappa shape index (κ1) is 26.6.